The number of nitrogens with zero attached hydrogens (tertiary/aromatic N) is 2. The Kier molecular flexibility index (Phi) is 6.44. The van der Waals surface area contributed by atoms with Crippen molar-refractivity contribution >= 4 is 18.0 Å². The fraction of sp³-hybridized carbons (Fsp3) is 0.300. The molecule has 4 nitrogen and oxygen atoms in total. The highest BCUT2D eigenvalue weighted by atomic mass is 19.2. The molecule has 0 aliphatic rings. The summed E-state index contributed by atoms with van der Waals surface area (Å²) in [5.74, 6) is -2.56. The lowest BCUT2D eigenvalue weighted by molar-refractivity contribution is 0.0467. The second-order valence-corrected chi connectivity index (χ2v) is 6.06. The lowest BCUT2D eigenvalue weighted by atomic mass is 10.0. The van der Waals surface area contributed by atoms with Crippen molar-refractivity contribution in [3.8, 4) is 0 Å². The van der Waals surface area contributed by atoms with Crippen LogP contribution >= 0.6 is 0 Å². The van der Waals surface area contributed by atoms with Crippen LogP contribution in [0.4, 0.5) is 14.5 Å². The molecule has 0 bridgehead atoms. The predicted molar refractivity (Wildman–Crippen MR) is 97.8 cm³/mol. The average Bonchev–Trinajstić information content (AvgIpc) is 2.62. The van der Waals surface area contributed by atoms with E-state index >= 15 is 0 Å². The zero-order valence-corrected chi connectivity index (χ0v) is 15.3. The first kappa shape index (κ1) is 19.6. The largest absolute Gasteiger partial charge is 0.457 e. The van der Waals surface area contributed by atoms with Gasteiger partial charge in [-0.15, -0.1) is 0 Å². The van der Waals surface area contributed by atoms with Gasteiger partial charge in [0.2, 0.25) is 0 Å². The number of halogens is 2. The van der Waals surface area contributed by atoms with E-state index in [1.54, 1.807) is 25.4 Å². The normalized spacial score (nSPS) is 11.0. The van der Waals surface area contributed by atoms with E-state index in [2.05, 4.69) is 4.99 Å². The maximum Gasteiger partial charge on any atom is 0.338 e. The van der Waals surface area contributed by atoms with Crippen LogP contribution in [0.15, 0.2) is 35.3 Å². The van der Waals surface area contributed by atoms with Crippen molar-refractivity contribution in [2.24, 2.45) is 4.99 Å². The Balaban J connectivity index is 2.15. The first-order valence-electron chi connectivity index (χ1n) is 8.29. The summed E-state index contributed by atoms with van der Waals surface area (Å²) in [4.78, 5) is 18.7. The van der Waals surface area contributed by atoms with Crippen molar-refractivity contribution in [1.29, 1.82) is 0 Å². The van der Waals surface area contributed by atoms with E-state index in [-0.39, 0.29) is 12.2 Å². The molecule has 2 rings (SSSR count). The number of hydrogen-bond donors (Lipinski definition) is 0. The molecule has 0 spiro atoms. The summed E-state index contributed by atoms with van der Waals surface area (Å²) in [5.41, 5.74) is 2.65. The molecular weight excluding hydrogens is 338 g/mol. The quantitative estimate of drug-likeness (QED) is 0.431. The van der Waals surface area contributed by atoms with Crippen LogP contribution < -0.4 is 0 Å². The Morgan fingerprint density at radius 2 is 1.96 bits per heavy atom. The first-order valence-corrected chi connectivity index (χ1v) is 8.29. The van der Waals surface area contributed by atoms with E-state index in [9.17, 15) is 13.6 Å². The summed E-state index contributed by atoms with van der Waals surface area (Å²) >= 11 is 0. The molecule has 0 aromatic heterocycles. The van der Waals surface area contributed by atoms with E-state index < -0.39 is 17.6 Å². The molecule has 0 unspecified atom stereocenters. The smallest absolute Gasteiger partial charge is 0.338 e. The van der Waals surface area contributed by atoms with Crippen molar-refractivity contribution in [2.75, 3.05) is 13.6 Å². The molecule has 0 saturated heterocycles. The molecular formula is C20H22F2N2O2. The minimum atomic E-state index is -1.00. The second kappa shape index (κ2) is 8.56. The third-order valence-electron chi connectivity index (χ3n) is 4.05. The van der Waals surface area contributed by atoms with Crippen LogP contribution in [0.2, 0.25) is 0 Å². The number of hydrogen-bond acceptors (Lipinski definition) is 3. The maximum absolute atomic E-state index is 13.6. The standard InChI is InChI=1S/C20H22F2N2O2/c1-5-24(4)12-23-18-10-13(2)16(9-14(18)3)20(25)26-11-15-7-6-8-17(21)19(15)22/h6-10,12H,5,11H2,1-4H3/b23-12+. The summed E-state index contributed by atoms with van der Waals surface area (Å²) in [5, 5.41) is 0. The Hall–Kier alpha value is -2.76. The molecule has 0 saturated carbocycles. The summed E-state index contributed by atoms with van der Waals surface area (Å²) in [7, 11) is 1.92. The highest BCUT2D eigenvalue weighted by Gasteiger charge is 2.15. The van der Waals surface area contributed by atoms with E-state index in [1.807, 2.05) is 25.8 Å². The number of esters is 1. The summed E-state index contributed by atoms with van der Waals surface area (Å²) in [6.07, 6.45) is 1.73. The van der Waals surface area contributed by atoms with Crippen molar-refractivity contribution in [3.63, 3.8) is 0 Å². The molecule has 0 aliphatic heterocycles. The lowest BCUT2D eigenvalue weighted by Crippen LogP contribution is -2.14. The third kappa shape index (κ3) is 4.65. The van der Waals surface area contributed by atoms with Gasteiger partial charge in [-0.25, -0.2) is 18.6 Å². The fourth-order valence-corrected chi connectivity index (χ4v) is 2.28. The molecule has 0 aliphatic carbocycles. The Labute approximate surface area is 152 Å². The first-order chi connectivity index (χ1) is 12.3. The molecule has 26 heavy (non-hydrogen) atoms. The van der Waals surface area contributed by atoms with Gasteiger partial charge in [-0.05, 0) is 50.1 Å². The molecule has 2 aromatic carbocycles. The van der Waals surface area contributed by atoms with Crippen LogP contribution in [0, 0.1) is 25.5 Å². The van der Waals surface area contributed by atoms with Gasteiger partial charge in [0.05, 0.1) is 17.6 Å². The highest BCUT2D eigenvalue weighted by molar-refractivity contribution is 5.92. The molecule has 2 aromatic rings. The molecule has 0 heterocycles. The Morgan fingerprint density at radius 3 is 2.65 bits per heavy atom. The van der Waals surface area contributed by atoms with Crippen LogP contribution in [0.25, 0.3) is 0 Å². The molecule has 0 fully saturated rings. The van der Waals surface area contributed by atoms with Crippen LogP contribution in [0.3, 0.4) is 0 Å². The Morgan fingerprint density at radius 1 is 1.23 bits per heavy atom. The number of carbonyl (C=O) groups is 1. The number of carbonyl (C=O) groups excluding carboxylic acids is 1. The second-order valence-electron chi connectivity index (χ2n) is 6.06. The lowest BCUT2D eigenvalue weighted by Gasteiger charge is -2.12. The average molecular weight is 360 g/mol. The molecule has 0 atom stereocenters. The number of aliphatic imine (C=N–C) groups is 1. The Bertz CT molecular complexity index is 835. The zero-order chi connectivity index (χ0) is 19.3. The molecule has 6 heteroatoms. The highest BCUT2D eigenvalue weighted by Crippen LogP contribution is 2.24. The monoisotopic (exact) mass is 360 g/mol. The number of benzene rings is 2. The summed E-state index contributed by atoms with van der Waals surface area (Å²) in [6.45, 7) is 6.15. The van der Waals surface area contributed by atoms with Gasteiger partial charge in [0.15, 0.2) is 11.6 Å². The minimum absolute atomic E-state index is 0.00320. The minimum Gasteiger partial charge on any atom is -0.457 e. The predicted octanol–water partition coefficient (Wildman–Crippen LogP) is 4.55. The fourth-order valence-electron chi connectivity index (χ4n) is 2.28. The van der Waals surface area contributed by atoms with E-state index in [0.717, 1.165) is 23.9 Å². The van der Waals surface area contributed by atoms with Gasteiger partial charge in [0, 0.05) is 19.2 Å². The van der Waals surface area contributed by atoms with Crippen molar-refractivity contribution < 1.29 is 18.3 Å². The van der Waals surface area contributed by atoms with Crippen LogP contribution in [-0.4, -0.2) is 30.8 Å². The van der Waals surface area contributed by atoms with Gasteiger partial charge in [-0.2, -0.15) is 0 Å². The maximum atomic E-state index is 13.6. The van der Waals surface area contributed by atoms with E-state index in [1.165, 1.54) is 12.1 Å². The van der Waals surface area contributed by atoms with Gasteiger partial charge in [-0.1, -0.05) is 12.1 Å². The van der Waals surface area contributed by atoms with Gasteiger partial charge in [0.1, 0.15) is 6.61 Å². The molecule has 138 valence electrons. The van der Waals surface area contributed by atoms with E-state index in [4.69, 9.17) is 4.74 Å². The van der Waals surface area contributed by atoms with Crippen LogP contribution in [-0.2, 0) is 11.3 Å². The molecule has 0 N–H and O–H groups in total. The van der Waals surface area contributed by atoms with Crippen molar-refractivity contribution in [3.05, 3.63) is 64.2 Å². The van der Waals surface area contributed by atoms with E-state index in [0.29, 0.717) is 11.1 Å². The number of rotatable bonds is 6. The SMILES string of the molecule is CCN(C)/C=N/c1cc(C)c(C(=O)OCc2cccc(F)c2F)cc1C. The van der Waals surface area contributed by atoms with Gasteiger partial charge < -0.3 is 9.64 Å². The van der Waals surface area contributed by atoms with Crippen molar-refractivity contribution in [1.82, 2.24) is 4.90 Å². The van der Waals surface area contributed by atoms with Gasteiger partial charge in [-0.3, -0.25) is 0 Å². The third-order valence-corrected chi connectivity index (χ3v) is 4.05. The topological polar surface area (TPSA) is 41.9 Å². The molecule has 0 amide bonds. The van der Waals surface area contributed by atoms with Gasteiger partial charge in [0.25, 0.3) is 0 Å². The number of aryl methyl sites for hydroxylation is 2. The van der Waals surface area contributed by atoms with Crippen molar-refractivity contribution in [2.45, 2.75) is 27.4 Å². The van der Waals surface area contributed by atoms with Crippen LogP contribution in [0.1, 0.15) is 34.0 Å². The zero-order valence-electron chi connectivity index (χ0n) is 15.3. The number of ether oxygens (including phenoxy) is 1. The van der Waals surface area contributed by atoms with Crippen LogP contribution in [0.5, 0.6) is 0 Å². The summed E-state index contributed by atoms with van der Waals surface area (Å²) < 4.78 is 32.0. The molecule has 0 radical (unpaired) electrons. The van der Waals surface area contributed by atoms with Gasteiger partial charge >= 0.3 is 5.97 Å². The summed E-state index contributed by atoms with van der Waals surface area (Å²) in [6, 6.07) is 7.26.